The van der Waals surface area contributed by atoms with E-state index in [-0.39, 0.29) is 5.91 Å². The standard InChI is InChI=1S/C8H16N2O/c1-10(2)8(11)5-7-3-4-9-6-7/h7,9H,3-6H2,1-2H3/t7-/m1/s1. The summed E-state index contributed by atoms with van der Waals surface area (Å²) < 4.78 is 0. The van der Waals surface area contributed by atoms with E-state index in [2.05, 4.69) is 5.32 Å². The largest absolute Gasteiger partial charge is 0.349 e. The molecule has 0 unspecified atom stereocenters. The normalized spacial score (nSPS) is 23.6. The molecule has 1 fully saturated rings. The Kier molecular flexibility index (Phi) is 2.88. The van der Waals surface area contributed by atoms with Gasteiger partial charge in [0.05, 0.1) is 0 Å². The van der Waals surface area contributed by atoms with Crippen molar-refractivity contribution in [3.05, 3.63) is 0 Å². The van der Waals surface area contributed by atoms with Crippen LogP contribution in [0.1, 0.15) is 12.8 Å². The van der Waals surface area contributed by atoms with E-state index < -0.39 is 0 Å². The average molecular weight is 156 g/mol. The fourth-order valence-electron chi connectivity index (χ4n) is 1.32. The molecule has 0 aromatic heterocycles. The summed E-state index contributed by atoms with van der Waals surface area (Å²) in [6.07, 6.45) is 1.86. The molecule has 1 N–H and O–H groups in total. The zero-order valence-corrected chi connectivity index (χ0v) is 7.26. The van der Waals surface area contributed by atoms with Crippen LogP contribution in [0.2, 0.25) is 0 Å². The monoisotopic (exact) mass is 156 g/mol. The van der Waals surface area contributed by atoms with Crippen molar-refractivity contribution in [1.29, 1.82) is 0 Å². The molecule has 1 rings (SSSR count). The van der Waals surface area contributed by atoms with Gasteiger partial charge in [0, 0.05) is 20.5 Å². The van der Waals surface area contributed by atoms with Crippen molar-refractivity contribution in [2.24, 2.45) is 5.92 Å². The van der Waals surface area contributed by atoms with Gasteiger partial charge in [-0.15, -0.1) is 0 Å². The molecule has 1 amide bonds. The molecule has 1 atom stereocenters. The quantitative estimate of drug-likeness (QED) is 0.614. The molecule has 11 heavy (non-hydrogen) atoms. The Hall–Kier alpha value is -0.570. The van der Waals surface area contributed by atoms with Crippen molar-refractivity contribution in [2.75, 3.05) is 27.2 Å². The van der Waals surface area contributed by atoms with Crippen molar-refractivity contribution >= 4 is 5.91 Å². The molecule has 0 aliphatic carbocycles. The van der Waals surface area contributed by atoms with Crippen molar-refractivity contribution in [3.63, 3.8) is 0 Å². The minimum Gasteiger partial charge on any atom is -0.349 e. The maximum absolute atomic E-state index is 11.2. The summed E-state index contributed by atoms with van der Waals surface area (Å²) >= 11 is 0. The van der Waals surface area contributed by atoms with Crippen LogP contribution in [0.4, 0.5) is 0 Å². The van der Waals surface area contributed by atoms with E-state index in [1.165, 1.54) is 0 Å². The van der Waals surface area contributed by atoms with Crippen LogP contribution in [0.5, 0.6) is 0 Å². The zero-order chi connectivity index (χ0) is 8.27. The Morgan fingerprint density at radius 2 is 2.36 bits per heavy atom. The predicted octanol–water partition coefficient (Wildman–Crippen LogP) is 0.0742. The highest BCUT2D eigenvalue weighted by Crippen LogP contribution is 2.12. The second-order valence-corrected chi connectivity index (χ2v) is 3.35. The molecule has 0 bridgehead atoms. The van der Waals surface area contributed by atoms with Gasteiger partial charge in [0.2, 0.25) is 5.91 Å². The number of nitrogens with zero attached hydrogens (tertiary/aromatic N) is 1. The van der Waals surface area contributed by atoms with E-state index in [1.807, 2.05) is 14.1 Å². The number of nitrogens with one attached hydrogen (secondary N) is 1. The lowest BCUT2D eigenvalue weighted by Gasteiger charge is -2.12. The van der Waals surface area contributed by atoms with Crippen molar-refractivity contribution < 1.29 is 4.79 Å². The second-order valence-electron chi connectivity index (χ2n) is 3.35. The van der Waals surface area contributed by atoms with E-state index in [9.17, 15) is 4.79 Å². The number of carbonyl (C=O) groups excluding carboxylic acids is 1. The van der Waals surface area contributed by atoms with Gasteiger partial charge in [-0.1, -0.05) is 0 Å². The predicted molar refractivity (Wildman–Crippen MR) is 44.3 cm³/mol. The minimum atomic E-state index is 0.249. The minimum absolute atomic E-state index is 0.249. The summed E-state index contributed by atoms with van der Waals surface area (Å²) in [6, 6.07) is 0. The molecule has 1 saturated heterocycles. The summed E-state index contributed by atoms with van der Waals surface area (Å²) in [5.41, 5.74) is 0. The van der Waals surface area contributed by atoms with Crippen LogP contribution in [0.3, 0.4) is 0 Å². The molecule has 0 spiro atoms. The van der Waals surface area contributed by atoms with Gasteiger partial charge in [0.25, 0.3) is 0 Å². The van der Waals surface area contributed by atoms with Crippen molar-refractivity contribution in [1.82, 2.24) is 10.2 Å². The smallest absolute Gasteiger partial charge is 0.222 e. The Balaban J connectivity index is 2.24. The summed E-state index contributed by atoms with van der Waals surface area (Å²) in [6.45, 7) is 2.09. The first-order valence-corrected chi connectivity index (χ1v) is 4.11. The van der Waals surface area contributed by atoms with E-state index in [0.29, 0.717) is 12.3 Å². The average Bonchev–Trinajstić information content (AvgIpc) is 2.39. The van der Waals surface area contributed by atoms with Crippen LogP contribution < -0.4 is 5.32 Å². The maximum atomic E-state index is 11.2. The molecule has 3 nitrogen and oxygen atoms in total. The van der Waals surface area contributed by atoms with Gasteiger partial charge in [-0.3, -0.25) is 4.79 Å². The highest BCUT2D eigenvalue weighted by Gasteiger charge is 2.18. The third-order valence-electron chi connectivity index (χ3n) is 2.12. The zero-order valence-electron chi connectivity index (χ0n) is 7.26. The van der Waals surface area contributed by atoms with Gasteiger partial charge in [0.1, 0.15) is 0 Å². The number of hydrogen-bond acceptors (Lipinski definition) is 2. The molecular formula is C8H16N2O. The number of hydrogen-bond donors (Lipinski definition) is 1. The van der Waals surface area contributed by atoms with E-state index in [4.69, 9.17) is 0 Å². The lowest BCUT2D eigenvalue weighted by molar-refractivity contribution is -0.129. The van der Waals surface area contributed by atoms with Gasteiger partial charge in [-0.25, -0.2) is 0 Å². The third-order valence-corrected chi connectivity index (χ3v) is 2.12. The molecule has 0 aromatic carbocycles. The first-order valence-electron chi connectivity index (χ1n) is 4.11. The first-order chi connectivity index (χ1) is 5.20. The Morgan fingerprint density at radius 1 is 1.64 bits per heavy atom. The van der Waals surface area contributed by atoms with Gasteiger partial charge >= 0.3 is 0 Å². The van der Waals surface area contributed by atoms with Gasteiger partial charge in [0.15, 0.2) is 0 Å². The van der Waals surface area contributed by atoms with Crippen molar-refractivity contribution in [3.8, 4) is 0 Å². The van der Waals surface area contributed by atoms with Gasteiger partial charge in [-0.05, 0) is 25.4 Å². The van der Waals surface area contributed by atoms with E-state index >= 15 is 0 Å². The molecule has 1 heterocycles. The highest BCUT2D eigenvalue weighted by molar-refractivity contribution is 5.75. The van der Waals surface area contributed by atoms with Crippen LogP contribution in [-0.4, -0.2) is 38.0 Å². The summed E-state index contributed by atoms with van der Waals surface area (Å²) in [5, 5.41) is 3.25. The molecule has 0 aromatic rings. The molecule has 1 aliphatic rings. The topological polar surface area (TPSA) is 32.3 Å². The second kappa shape index (κ2) is 3.72. The summed E-state index contributed by atoms with van der Waals surface area (Å²) in [4.78, 5) is 12.9. The van der Waals surface area contributed by atoms with Crippen molar-refractivity contribution in [2.45, 2.75) is 12.8 Å². The van der Waals surface area contributed by atoms with Crippen LogP contribution in [0.15, 0.2) is 0 Å². The summed E-state index contributed by atoms with van der Waals surface area (Å²) in [5.74, 6) is 0.823. The Labute approximate surface area is 67.8 Å². The first kappa shape index (κ1) is 8.53. The summed E-state index contributed by atoms with van der Waals surface area (Å²) in [7, 11) is 3.62. The molecular weight excluding hydrogens is 140 g/mol. The lowest BCUT2D eigenvalue weighted by atomic mass is 10.0. The lowest BCUT2D eigenvalue weighted by Crippen LogP contribution is -2.24. The molecule has 1 aliphatic heterocycles. The maximum Gasteiger partial charge on any atom is 0.222 e. The van der Waals surface area contributed by atoms with Gasteiger partial charge in [-0.2, -0.15) is 0 Å². The van der Waals surface area contributed by atoms with Crippen LogP contribution >= 0.6 is 0 Å². The Morgan fingerprint density at radius 3 is 2.82 bits per heavy atom. The van der Waals surface area contributed by atoms with Crippen LogP contribution in [-0.2, 0) is 4.79 Å². The van der Waals surface area contributed by atoms with E-state index in [1.54, 1.807) is 4.90 Å². The molecule has 0 radical (unpaired) electrons. The molecule has 0 saturated carbocycles. The van der Waals surface area contributed by atoms with Gasteiger partial charge < -0.3 is 10.2 Å². The fraction of sp³-hybridized carbons (Fsp3) is 0.875. The molecule has 3 heteroatoms. The number of carbonyl (C=O) groups is 1. The highest BCUT2D eigenvalue weighted by atomic mass is 16.2. The fourth-order valence-corrected chi connectivity index (χ4v) is 1.32. The third kappa shape index (κ3) is 2.50. The number of amides is 1. The molecule has 64 valence electrons. The SMILES string of the molecule is CN(C)C(=O)C[C@H]1CCNC1. The Bertz CT molecular complexity index is 139. The van der Waals surface area contributed by atoms with Crippen LogP contribution in [0.25, 0.3) is 0 Å². The number of rotatable bonds is 2. The van der Waals surface area contributed by atoms with E-state index in [0.717, 1.165) is 19.5 Å². The van der Waals surface area contributed by atoms with Crippen LogP contribution in [0, 0.1) is 5.92 Å².